The Labute approximate surface area is 202 Å². The molecule has 186 valence electrons. The van der Waals surface area contributed by atoms with E-state index in [1.807, 2.05) is 43.3 Å². The Morgan fingerprint density at radius 1 is 1.00 bits per heavy atom. The van der Waals surface area contributed by atoms with Crippen molar-refractivity contribution < 1.29 is 23.8 Å². The van der Waals surface area contributed by atoms with Crippen LogP contribution in [0, 0.1) is 6.92 Å². The van der Waals surface area contributed by atoms with Crippen molar-refractivity contribution in [2.45, 2.75) is 51.2 Å². The van der Waals surface area contributed by atoms with Crippen molar-refractivity contribution in [3.63, 3.8) is 0 Å². The van der Waals surface area contributed by atoms with Crippen LogP contribution in [0.5, 0.6) is 11.5 Å². The lowest BCUT2D eigenvalue weighted by atomic mass is 10.0. The number of alkyl halides is 1. The molecule has 0 spiro atoms. The second kappa shape index (κ2) is 13.9. The number of aliphatic hydroxyl groups excluding tert-OH is 1. The van der Waals surface area contributed by atoms with E-state index in [1.54, 1.807) is 12.1 Å². The summed E-state index contributed by atoms with van der Waals surface area (Å²) in [5, 5.41) is 14.1. The maximum atomic E-state index is 12.7. The molecular weight excluding hydrogens is 435 g/mol. The topological polar surface area (TPSA) is 71.0 Å². The van der Waals surface area contributed by atoms with Gasteiger partial charge < -0.3 is 24.8 Å². The van der Waals surface area contributed by atoms with E-state index < -0.39 is 12.1 Å². The predicted molar refractivity (Wildman–Crippen MR) is 131 cm³/mol. The Morgan fingerprint density at radius 2 is 1.62 bits per heavy atom. The molecule has 0 saturated carbocycles. The van der Waals surface area contributed by atoms with Gasteiger partial charge in [-0.3, -0.25) is 9.18 Å². The molecule has 2 N–H and O–H groups in total. The monoisotopic (exact) mass is 472 g/mol. The number of nitrogens with zero attached hydrogens (tertiary/aromatic N) is 1. The van der Waals surface area contributed by atoms with Gasteiger partial charge in [-0.1, -0.05) is 29.8 Å². The fourth-order valence-electron chi connectivity index (χ4n) is 4.02. The zero-order valence-corrected chi connectivity index (χ0v) is 20.0. The van der Waals surface area contributed by atoms with Crippen LogP contribution in [-0.4, -0.2) is 61.5 Å². The standard InChI is InChI=1S/C27H37FN2O4/c1-21-6-10-23(11-7-21)34-19-14-26(31)29-25(20-30-16-3-4-17-30)27(32)22-8-12-24(13-9-22)33-18-5-2-15-28/h6-13,25,27,32H,2-5,14-20H2,1H3,(H,29,31). The molecule has 1 fully saturated rings. The van der Waals surface area contributed by atoms with Crippen LogP contribution in [0.15, 0.2) is 48.5 Å². The number of aryl methyl sites for hydroxylation is 1. The van der Waals surface area contributed by atoms with Gasteiger partial charge in [0.1, 0.15) is 17.6 Å². The van der Waals surface area contributed by atoms with Crippen molar-refractivity contribution in [1.29, 1.82) is 0 Å². The number of hydrogen-bond acceptors (Lipinski definition) is 5. The van der Waals surface area contributed by atoms with E-state index in [2.05, 4.69) is 10.2 Å². The number of benzene rings is 2. The summed E-state index contributed by atoms with van der Waals surface area (Å²) in [5.74, 6) is 1.27. The molecule has 2 aromatic carbocycles. The smallest absolute Gasteiger partial charge is 0.223 e. The average molecular weight is 473 g/mol. The van der Waals surface area contributed by atoms with E-state index in [9.17, 15) is 14.3 Å². The van der Waals surface area contributed by atoms with Crippen molar-refractivity contribution in [2.24, 2.45) is 0 Å². The highest BCUT2D eigenvalue weighted by Crippen LogP contribution is 2.23. The summed E-state index contributed by atoms with van der Waals surface area (Å²) >= 11 is 0. The highest BCUT2D eigenvalue weighted by Gasteiger charge is 2.26. The van der Waals surface area contributed by atoms with Crippen molar-refractivity contribution >= 4 is 5.91 Å². The lowest BCUT2D eigenvalue weighted by Crippen LogP contribution is -2.47. The van der Waals surface area contributed by atoms with Gasteiger partial charge in [-0.25, -0.2) is 0 Å². The summed E-state index contributed by atoms with van der Waals surface area (Å²) in [4.78, 5) is 14.9. The Hall–Kier alpha value is -2.64. The minimum atomic E-state index is -0.844. The van der Waals surface area contributed by atoms with E-state index in [-0.39, 0.29) is 25.6 Å². The molecule has 6 nitrogen and oxygen atoms in total. The molecule has 1 heterocycles. The third-order valence-corrected chi connectivity index (χ3v) is 6.02. The number of carbonyl (C=O) groups is 1. The van der Waals surface area contributed by atoms with Crippen molar-refractivity contribution in [3.8, 4) is 11.5 Å². The van der Waals surface area contributed by atoms with Crippen LogP contribution in [0.25, 0.3) is 0 Å². The summed E-state index contributed by atoms with van der Waals surface area (Å²) in [5.41, 5.74) is 1.87. The van der Waals surface area contributed by atoms with E-state index in [0.29, 0.717) is 31.7 Å². The molecule has 0 aromatic heterocycles. The minimum absolute atomic E-state index is 0.150. The highest BCUT2D eigenvalue weighted by molar-refractivity contribution is 5.76. The van der Waals surface area contributed by atoms with Gasteiger partial charge in [0.25, 0.3) is 0 Å². The summed E-state index contributed by atoms with van der Waals surface area (Å²) in [6.07, 6.45) is 2.79. The molecule has 3 rings (SSSR count). The number of ether oxygens (including phenoxy) is 2. The van der Waals surface area contributed by atoms with Crippen LogP contribution in [0.4, 0.5) is 4.39 Å². The lowest BCUT2D eigenvalue weighted by Gasteiger charge is -2.29. The van der Waals surface area contributed by atoms with E-state index >= 15 is 0 Å². The molecular formula is C27H37FN2O4. The first kappa shape index (κ1) is 26.0. The fraction of sp³-hybridized carbons (Fsp3) is 0.519. The first-order valence-corrected chi connectivity index (χ1v) is 12.2. The van der Waals surface area contributed by atoms with E-state index in [0.717, 1.165) is 42.8 Å². The van der Waals surface area contributed by atoms with Gasteiger partial charge in [-0.2, -0.15) is 0 Å². The normalized spacial score (nSPS) is 15.6. The molecule has 0 aliphatic carbocycles. The van der Waals surface area contributed by atoms with Crippen molar-refractivity contribution in [3.05, 3.63) is 59.7 Å². The number of aliphatic hydroxyl groups is 1. The zero-order valence-electron chi connectivity index (χ0n) is 20.0. The maximum Gasteiger partial charge on any atom is 0.223 e. The number of likely N-dealkylation sites (tertiary alicyclic amines) is 1. The van der Waals surface area contributed by atoms with Crippen molar-refractivity contribution in [1.82, 2.24) is 10.2 Å². The first-order valence-electron chi connectivity index (χ1n) is 12.2. The molecule has 2 unspecified atom stereocenters. The van der Waals surface area contributed by atoms with Crippen molar-refractivity contribution in [2.75, 3.05) is 39.5 Å². The largest absolute Gasteiger partial charge is 0.494 e. The van der Waals surface area contributed by atoms with Gasteiger partial charge in [0, 0.05) is 6.54 Å². The van der Waals surface area contributed by atoms with Gasteiger partial charge in [-0.15, -0.1) is 0 Å². The number of unbranched alkanes of at least 4 members (excludes halogenated alkanes) is 1. The Balaban J connectivity index is 1.54. The Kier molecular flexibility index (Phi) is 10.6. The number of carbonyl (C=O) groups excluding carboxylic acids is 1. The first-order chi connectivity index (χ1) is 16.5. The fourth-order valence-corrected chi connectivity index (χ4v) is 4.02. The Bertz CT molecular complexity index is 854. The molecule has 2 atom stereocenters. The van der Waals surface area contributed by atoms with Crippen LogP contribution in [-0.2, 0) is 4.79 Å². The van der Waals surface area contributed by atoms with Crippen LogP contribution >= 0.6 is 0 Å². The molecule has 0 bridgehead atoms. The summed E-state index contributed by atoms with van der Waals surface area (Å²) < 4.78 is 23.5. The molecule has 1 aliphatic rings. The van der Waals surface area contributed by atoms with Gasteiger partial charge in [0.15, 0.2) is 0 Å². The lowest BCUT2D eigenvalue weighted by molar-refractivity contribution is -0.123. The maximum absolute atomic E-state index is 12.7. The molecule has 7 heteroatoms. The molecule has 1 saturated heterocycles. The molecule has 1 amide bonds. The molecule has 0 radical (unpaired) electrons. The quantitative estimate of drug-likeness (QED) is 0.403. The number of halogens is 1. The Morgan fingerprint density at radius 3 is 2.26 bits per heavy atom. The minimum Gasteiger partial charge on any atom is -0.494 e. The summed E-state index contributed by atoms with van der Waals surface area (Å²) in [6, 6.07) is 14.5. The predicted octanol–water partition coefficient (Wildman–Crippen LogP) is 4.21. The number of rotatable bonds is 14. The molecule has 2 aromatic rings. The van der Waals surface area contributed by atoms with Crippen LogP contribution in [0.3, 0.4) is 0 Å². The van der Waals surface area contributed by atoms with Crippen LogP contribution in [0.2, 0.25) is 0 Å². The van der Waals surface area contributed by atoms with E-state index in [1.165, 1.54) is 0 Å². The zero-order chi connectivity index (χ0) is 24.2. The SMILES string of the molecule is Cc1ccc(OCCC(=O)NC(CN2CCCC2)C(O)c2ccc(OCCCCF)cc2)cc1. The van der Waals surface area contributed by atoms with Gasteiger partial charge in [-0.05, 0) is 75.5 Å². The third-order valence-electron chi connectivity index (χ3n) is 6.02. The molecule has 1 aliphatic heterocycles. The average Bonchev–Trinajstić information content (AvgIpc) is 3.36. The molecule has 34 heavy (non-hydrogen) atoms. The van der Waals surface area contributed by atoms with Crippen LogP contribution in [0.1, 0.15) is 49.3 Å². The van der Waals surface area contributed by atoms with Crippen LogP contribution < -0.4 is 14.8 Å². The number of hydrogen-bond donors (Lipinski definition) is 2. The third kappa shape index (κ3) is 8.61. The number of nitrogens with one attached hydrogen (secondary N) is 1. The highest BCUT2D eigenvalue weighted by atomic mass is 19.1. The summed E-state index contributed by atoms with van der Waals surface area (Å²) in [7, 11) is 0. The summed E-state index contributed by atoms with van der Waals surface area (Å²) in [6.45, 7) is 4.95. The van der Waals surface area contributed by atoms with Gasteiger partial charge >= 0.3 is 0 Å². The van der Waals surface area contributed by atoms with Gasteiger partial charge in [0.2, 0.25) is 5.91 Å². The second-order valence-electron chi connectivity index (χ2n) is 8.85. The van der Waals surface area contributed by atoms with Gasteiger partial charge in [0.05, 0.1) is 32.4 Å². The second-order valence-corrected chi connectivity index (χ2v) is 8.85. The van der Waals surface area contributed by atoms with E-state index in [4.69, 9.17) is 9.47 Å². The number of amides is 1.